The average Bonchev–Trinajstić information content (AvgIpc) is 2.65. The van der Waals surface area contributed by atoms with Crippen LogP contribution in [0.5, 0.6) is 0 Å². The van der Waals surface area contributed by atoms with Gasteiger partial charge in [0.25, 0.3) is 5.91 Å². The van der Waals surface area contributed by atoms with E-state index in [0.29, 0.717) is 30.5 Å². The fourth-order valence-corrected chi connectivity index (χ4v) is 2.77. The number of hydrogen-bond acceptors (Lipinski definition) is 6. The van der Waals surface area contributed by atoms with Gasteiger partial charge in [0.15, 0.2) is 6.29 Å². The predicted octanol–water partition coefficient (Wildman–Crippen LogP) is 2.40. The molecular weight excluding hydrogens is 360 g/mol. The number of amides is 2. The van der Waals surface area contributed by atoms with E-state index in [9.17, 15) is 14.4 Å². The number of hydrogen-bond donors (Lipinski definition) is 2. The van der Waals surface area contributed by atoms with Gasteiger partial charge in [0.2, 0.25) is 0 Å². The zero-order chi connectivity index (χ0) is 21.1. The number of rotatable bonds is 3. The number of ether oxygens (including phenoxy) is 1. The molecule has 1 aliphatic heterocycles. The van der Waals surface area contributed by atoms with Gasteiger partial charge in [-0.05, 0) is 26.8 Å². The van der Waals surface area contributed by atoms with Crippen molar-refractivity contribution >= 4 is 24.1 Å². The summed E-state index contributed by atoms with van der Waals surface area (Å²) in [5, 5.41) is 8.44. The molecule has 28 heavy (non-hydrogen) atoms. The average molecular weight is 386 g/mol. The summed E-state index contributed by atoms with van der Waals surface area (Å²) in [4.78, 5) is 38.9. The van der Waals surface area contributed by atoms with E-state index in [-0.39, 0.29) is 23.5 Å². The summed E-state index contributed by atoms with van der Waals surface area (Å²) in [6.07, 6.45) is 0.484. The molecule has 0 unspecified atom stereocenters. The van der Waals surface area contributed by atoms with Crippen LogP contribution in [0.15, 0.2) is 35.5 Å². The smallest absolute Gasteiger partial charge is 0.410 e. The van der Waals surface area contributed by atoms with Gasteiger partial charge in [-0.25, -0.2) is 4.79 Å². The molecule has 2 rings (SSSR count). The number of likely N-dealkylation sites (N-methyl/N-ethyl adjacent to an activating group) is 1. The lowest BCUT2D eigenvalue weighted by molar-refractivity contribution is 0.0262. The minimum atomic E-state index is -0.636. The third kappa shape index (κ3) is 4.76. The SMILES string of the molecule is CN(C(=N)C1=C(N)CCN(C(=O)OC(C)(C)C)C1)C(=O)c1ccccc1C=O. The van der Waals surface area contributed by atoms with Crippen molar-refractivity contribution in [1.82, 2.24) is 9.80 Å². The standard InChI is InChI=1S/C20H26N4O4/c1-20(2,3)28-19(27)24-10-9-16(21)15(11-24)17(22)23(4)18(26)14-8-6-5-7-13(14)12-25/h5-8,12,22H,9-11,21H2,1-4H3. The van der Waals surface area contributed by atoms with E-state index in [1.807, 2.05) is 0 Å². The van der Waals surface area contributed by atoms with Gasteiger partial charge in [0.05, 0.1) is 12.1 Å². The number of nitrogens with zero attached hydrogens (tertiary/aromatic N) is 2. The normalized spacial score (nSPS) is 14.5. The molecule has 0 aliphatic carbocycles. The van der Waals surface area contributed by atoms with Gasteiger partial charge >= 0.3 is 6.09 Å². The van der Waals surface area contributed by atoms with Crippen LogP contribution in [0.2, 0.25) is 0 Å². The Morgan fingerprint density at radius 2 is 1.93 bits per heavy atom. The third-order valence-corrected chi connectivity index (χ3v) is 4.28. The summed E-state index contributed by atoms with van der Waals surface area (Å²) in [5.74, 6) is -0.612. The van der Waals surface area contributed by atoms with E-state index in [4.69, 9.17) is 15.9 Å². The second-order valence-corrected chi connectivity index (χ2v) is 7.57. The van der Waals surface area contributed by atoms with Crippen LogP contribution in [0, 0.1) is 5.41 Å². The molecule has 0 radical (unpaired) electrons. The van der Waals surface area contributed by atoms with Gasteiger partial charge in [0, 0.05) is 36.8 Å². The molecule has 0 saturated carbocycles. The molecule has 3 N–H and O–H groups in total. The molecule has 0 bridgehead atoms. The van der Waals surface area contributed by atoms with Gasteiger partial charge in [-0.15, -0.1) is 0 Å². The zero-order valence-corrected chi connectivity index (χ0v) is 16.6. The van der Waals surface area contributed by atoms with Crippen LogP contribution in [-0.2, 0) is 4.74 Å². The van der Waals surface area contributed by atoms with Gasteiger partial charge in [-0.1, -0.05) is 18.2 Å². The summed E-state index contributed by atoms with van der Waals surface area (Å²) in [7, 11) is 1.44. The number of benzene rings is 1. The molecule has 1 heterocycles. The predicted molar refractivity (Wildman–Crippen MR) is 105 cm³/mol. The highest BCUT2D eigenvalue weighted by molar-refractivity contribution is 6.13. The molecule has 1 aromatic rings. The molecule has 0 fully saturated rings. The Bertz CT molecular complexity index is 839. The van der Waals surface area contributed by atoms with Gasteiger partial charge in [0.1, 0.15) is 11.4 Å². The van der Waals surface area contributed by atoms with E-state index in [0.717, 1.165) is 4.90 Å². The first-order valence-corrected chi connectivity index (χ1v) is 8.91. The van der Waals surface area contributed by atoms with Crippen molar-refractivity contribution in [2.45, 2.75) is 32.8 Å². The summed E-state index contributed by atoms with van der Waals surface area (Å²) in [6.45, 7) is 5.78. The minimum absolute atomic E-state index is 0.0759. The monoisotopic (exact) mass is 386 g/mol. The molecule has 1 aliphatic rings. The van der Waals surface area contributed by atoms with Crippen molar-refractivity contribution in [1.29, 1.82) is 5.41 Å². The first kappa shape index (κ1) is 21.1. The highest BCUT2D eigenvalue weighted by Gasteiger charge is 2.30. The quantitative estimate of drug-likeness (QED) is 0.470. The van der Waals surface area contributed by atoms with Crippen LogP contribution in [0.3, 0.4) is 0 Å². The zero-order valence-electron chi connectivity index (χ0n) is 16.6. The summed E-state index contributed by atoms with van der Waals surface area (Å²) < 4.78 is 5.38. The minimum Gasteiger partial charge on any atom is -0.444 e. The lowest BCUT2D eigenvalue weighted by atomic mass is 10.0. The van der Waals surface area contributed by atoms with Crippen LogP contribution in [0.25, 0.3) is 0 Å². The number of nitrogens with two attached hydrogens (primary N) is 1. The highest BCUT2D eigenvalue weighted by Crippen LogP contribution is 2.20. The van der Waals surface area contributed by atoms with Gasteiger partial charge in [-0.3, -0.25) is 19.9 Å². The second-order valence-electron chi connectivity index (χ2n) is 7.57. The van der Waals surface area contributed by atoms with Gasteiger partial charge in [-0.2, -0.15) is 0 Å². The Morgan fingerprint density at radius 3 is 2.54 bits per heavy atom. The lowest BCUT2D eigenvalue weighted by Crippen LogP contribution is -2.45. The first-order chi connectivity index (χ1) is 13.0. The summed E-state index contributed by atoms with van der Waals surface area (Å²) in [6, 6.07) is 6.37. The molecular formula is C20H26N4O4. The third-order valence-electron chi connectivity index (χ3n) is 4.28. The van der Waals surface area contributed by atoms with Crippen molar-refractivity contribution in [3.8, 4) is 0 Å². The maximum absolute atomic E-state index is 12.8. The van der Waals surface area contributed by atoms with Crippen LogP contribution in [-0.4, -0.2) is 59.7 Å². The number of carbonyl (C=O) groups is 3. The van der Waals surface area contributed by atoms with E-state index in [1.165, 1.54) is 24.1 Å². The van der Waals surface area contributed by atoms with E-state index < -0.39 is 17.6 Å². The van der Waals surface area contributed by atoms with Crippen molar-refractivity contribution in [3.63, 3.8) is 0 Å². The number of amidine groups is 1. The molecule has 8 nitrogen and oxygen atoms in total. The fourth-order valence-electron chi connectivity index (χ4n) is 2.77. The van der Waals surface area contributed by atoms with Crippen molar-refractivity contribution in [2.24, 2.45) is 5.73 Å². The van der Waals surface area contributed by atoms with Crippen LogP contribution in [0.1, 0.15) is 47.9 Å². The maximum Gasteiger partial charge on any atom is 0.410 e. The number of nitrogens with one attached hydrogen (secondary N) is 1. The molecule has 0 saturated heterocycles. The van der Waals surface area contributed by atoms with Crippen molar-refractivity contribution in [2.75, 3.05) is 20.1 Å². The Kier molecular flexibility index (Phi) is 6.23. The van der Waals surface area contributed by atoms with Crippen LogP contribution in [0.4, 0.5) is 4.79 Å². The molecule has 0 aromatic heterocycles. The Morgan fingerprint density at radius 1 is 1.29 bits per heavy atom. The number of aldehydes is 1. The topological polar surface area (TPSA) is 117 Å². The fraction of sp³-hybridized carbons (Fsp3) is 0.400. The summed E-state index contributed by atoms with van der Waals surface area (Å²) in [5.41, 5.74) is 6.71. The highest BCUT2D eigenvalue weighted by atomic mass is 16.6. The van der Waals surface area contributed by atoms with Crippen LogP contribution >= 0.6 is 0 Å². The van der Waals surface area contributed by atoms with Crippen LogP contribution < -0.4 is 5.73 Å². The second kappa shape index (κ2) is 8.24. The Balaban J connectivity index is 2.20. The van der Waals surface area contributed by atoms with E-state index >= 15 is 0 Å². The Hall–Kier alpha value is -3.16. The molecule has 0 atom stereocenters. The van der Waals surface area contributed by atoms with Gasteiger partial charge < -0.3 is 15.4 Å². The maximum atomic E-state index is 12.8. The first-order valence-electron chi connectivity index (χ1n) is 8.91. The van der Waals surface area contributed by atoms with E-state index in [2.05, 4.69) is 0 Å². The lowest BCUT2D eigenvalue weighted by Gasteiger charge is -2.33. The molecule has 0 spiro atoms. The van der Waals surface area contributed by atoms with Crippen molar-refractivity contribution in [3.05, 3.63) is 46.7 Å². The molecule has 8 heteroatoms. The molecule has 2 amide bonds. The van der Waals surface area contributed by atoms with Crippen molar-refractivity contribution < 1.29 is 19.1 Å². The molecule has 1 aromatic carbocycles. The largest absolute Gasteiger partial charge is 0.444 e. The molecule has 150 valence electrons. The Labute approximate surface area is 164 Å². The summed E-state index contributed by atoms with van der Waals surface area (Å²) >= 11 is 0. The van der Waals surface area contributed by atoms with E-state index in [1.54, 1.807) is 32.9 Å². The number of carbonyl (C=O) groups excluding carboxylic acids is 3.